The van der Waals surface area contributed by atoms with Crippen LogP contribution in [-0.4, -0.2) is 24.0 Å². The quantitative estimate of drug-likeness (QED) is 0.928. The molecule has 0 spiro atoms. The van der Waals surface area contributed by atoms with E-state index in [4.69, 9.17) is 11.0 Å². The Balaban J connectivity index is 1.51. The van der Waals surface area contributed by atoms with Gasteiger partial charge < -0.3 is 5.73 Å². The topological polar surface area (TPSA) is 53.0 Å². The van der Waals surface area contributed by atoms with Crippen molar-refractivity contribution in [2.24, 2.45) is 11.7 Å². The molecule has 1 fully saturated rings. The zero-order valence-electron chi connectivity index (χ0n) is 12.7. The molecule has 0 aromatic heterocycles. The van der Waals surface area contributed by atoms with Crippen molar-refractivity contribution in [3.05, 3.63) is 34.9 Å². The Kier molecular flexibility index (Phi) is 4.57. The number of nitriles is 1. The van der Waals surface area contributed by atoms with Gasteiger partial charge in [0.05, 0.1) is 11.6 Å². The lowest BCUT2D eigenvalue weighted by Gasteiger charge is -2.32. The van der Waals surface area contributed by atoms with E-state index in [1.165, 1.54) is 49.8 Å². The van der Waals surface area contributed by atoms with Crippen LogP contribution in [0.1, 0.15) is 48.8 Å². The molecule has 112 valence electrons. The van der Waals surface area contributed by atoms with Crippen molar-refractivity contribution in [1.82, 2.24) is 4.90 Å². The second-order valence-electron chi connectivity index (χ2n) is 6.69. The Morgan fingerprint density at radius 3 is 2.76 bits per heavy atom. The molecule has 0 bridgehead atoms. The number of nitrogens with zero attached hydrogens (tertiary/aromatic N) is 2. The predicted molar refractivity (Wildman–Crippen MR) is 84.7 cm³/mol. The van der Waals surface area contributed by atoms with Crippen LogP contribution < -0.4 is 5.73 Å². The molecule has 0 unspecified atom stereocenters. The molecule has 3 nitrogen and oxygen atoms in total. The summed E-state index contributed by atoms with van der Waals surface area (Å²) in [5.41, 5.74) is 9.55. The van der Waals surface area contributed by atoms with Crippen molar-refractivity contribution in [2.75, 3.05) is 13.1 Å². The van der Waals surface area contributed by atoms with E-state index in [2.05, 4.69) is 23.1 Å². The van der Waals surface area contributed by atoms with E-state index in [-0.39, 0.29) is 0 Å². The highest BCUT2D eigenvalue weighted by Gasteiger charge is 2.21. The molecule has 1 aliphatic carbocycles. The molecule has 1 aliphatic heterocycles. The van der Waals surface area contributed by atoms with Crippen LogP contribution in [0.3, 0.4) is 0 Å². The number of hydrogen-bond acceptors (Lipinski definition) is 3. The van der Waals surface area contributed by atoms with Crippen molar-refractivity contribution in [3.63, 3.8) is 0 Å². The van der Waals surface area contributed by atoms with Gasteiger partial charge in [0.25, 0.3) is 0 Å². The summed E-state index contributed by atoms with van der Waals surface area (Å²) in [6.07, 6.45) is 7.46. The first-order valence-corrected chi connectivity index (χ1v) is 8.24. The number of nitrogens with two attached hydrogens (primary N) is 1. The van der Waals surface area contributed by atoms with Gasteiger partial charge in [-0.25, -0.2) is 0 Å². The van der Waals surface area contributed by atoms with Gasteiger partial charge in [-0.05, 0) is 74.2 Å². The summed E-state index contributed by atoms with van der Waals surface area (Å²) in [6, 6.07) is 8.84. The smallest absolute Gasteiger partial charge is 0.0991 e. The second-order valence-corrected chi connectivity index (χ2v) is 6.69. The van der Waals surface area contributed by atoms with E-state index < -0.39 is 0 Å². The predicted octanol–water partition coefficient (Wildman–Crippen LogP) is 2.82. The highest BCUT2D eigenvalue weighted by Crippen LogP contribution is 2.27. The number of benzene rings is 1. The average molecular weight is 283 g/mol. The van der Waals surface area contributed by atoms with Crippen LogP contribution >= 0.6 is 0 Å². The molecule has 0 atom stereocenters. The van der Waals surface area contributed by atoms with Crippen LogP contribution in [0, 0.1) is 17.2 Å². The normalized spacial score (nSPS) is 26.1. The molecule has 0 amide bonds. The molecule has 2 aliphatic rings. The summed E-state index contributed by atoms with van der Waals surface area (Å²) in [5, 5.41) is 8.97. The summed E-state index contributed by atoms with van der Waals surface area (Å²) in [5.74, 6) is 0.882. The summed E-state index contributed by atoms with van der Waals surface area (Å²) in [6.45, 7) is 3.39. The van der Waals surface area contributed by atoms with E-state index in [1.54, 1.807) is 0 Å². The van der Waals surface area contributed by atoms with Crippen molar-refractivity contribution >= 4 is 0 Å². The Morgan fingerprint density at radius 2 is 2.00 bits per heavy atom. The lowest BCUT2D eigenvalue weighted by Crippen LogP contribution is -2.33. The van der Waals surface area contributed by atoms with Gasteiger partial charge in [0, 0.05) is 19.1 Å². The summed E-state index contributed by atoms with van der Waals surface area (Å²) >= 11 is 0. The van der Waals surface area contributed by atoms with Gasteiger partial charge in [0.1, 0.15) is 0 Å². The molecule has 2 N–H and O–H groups in total. The monoisotopic (exact) mass is 283 g/mol. The summed E-state index contributed by atoms with van der Waals surface area (Å²) < 4.78 is 0. The van der Waals surface area contributed by atoms with Gasteiger partial charge in [0.15, 0.2) is 0 Å². The van der Waals surface area contributed by atoms with Crippen LogP contribution in [0.4, 0.5) is 0 Å². The maximum atomic E-state index is 8.97. The average Bonchev–Trinajstić information content (AvgIpc) is 2.53. The van der Waals surface area contributed by atoms with Crippen LogP contribution in [0.15, 0.2) is 18.2 Å². The molecule has 3 heteroatoms. The number of rotatable bonds is 3. The van der Waals surface area contributed by atoms with Crippen LogP contribution in [0.25, 0.3) is 0 Å². The van der Waals surface area contributed by atoms with Crippen molar-refractivity contribution < 1.29 is 0 Å². The van der Waals surface area contributed by atoms with Crippen molar-refractivity contribution in [3.8, 4) is 6.07 Å². The minimum Gasteiger partial charge on any atom is -0.328 e. The highest BCUT2D eigenvalue weighted by atomic mass is 15.1. The van der Waals surface area contributed by atoms with Crippen LogP contribution in [0.5, 0.6) is 0 Å². The molecular formula is C18H25N3. The maximum absolute atomic E-state index is 8.97. The lowest BCUT2D eigenvalue weighted by atomic mass is 9.84. The third-order valence-corrected chi connectivity index (χ3v) is 5.17. The van der Waals surface area contributed by atoms with Crippen molar-refractivity contribution in [1.29, 1.82) is 5.26 Å². The molecule has 3 rings (SSSR count). The number of hydrogen-bond donors (Lipinski definition) is 1. The molecular weight excluding hydrogens is 258 g/mol. The van der Waals surface area contributed by atoms with Crippen LogP contribution in [-0.2, 0) is 13.0 Å². The first-order chi connectivity index (χ1) is 10.2. The summed E-state index contributed by atoms with van der Waals surface area (Å²) in [4.78, 5) is 2.57. The minimum atomic E-state index is 0.456. The van der Waals surface area contributed by atoms with E-state index in [1.807, 2.05) is 6.07 Å². The van der Waals surface area contributed by atoms with Gasteiger partial charge in [-0.15, -0.1) is 0 Å². The minimum absolute atomic E-state index is 0.456. The van der Waals surface area contributed by atoms with E-state index in [0.29, 0.717) is 6.04 Å². The Hall–Kier alpha value is -1.37. The fourth-order valence-electron chi connectivity index (χ4n) is 3.71. The second kappa shape index (κ2) is 6.60. The molecule has 0 radical (unpaired) electrons. The standard InChI is InChI=1S/C18H25N3/c19-12-15-1-4-17-13-21(10-8-16(17)11-15)9-7-14-2-5-18(20)6-3-14/h1,4,11,14,18H,2-3,5-10,13,20H2/t14-,18-. The molecule has 0 saturated heterocycles. The molecule has 1 saturated carbocycles. The third-order valence-electron chi connectivity index (χ3n) is 5.17. The largest absolute Gasteiger partial charge is 0.328 e. The third kappa shape index (κ3) is 3.64. The van der Waals surface area contributed by atoms with E-state index in [0.717, 1.165) is 31.0 Å². The van der Waals surface area contributed by atoms with Gasteiger partial charge in [-0.3, -0.25) is 4.90 Å². The Labute approximate surface area is 127 Å². The fraction of sp³-hybridized carbons (Fsp3) is 0.611. The zero-order valence-corrected chi connectivity index (χ0v) is 12.7. The Morgan fingerprint density at radius 1 is 1.19 bits per heavy atom. The maximum Gasteiger partial charge on any atom is 0.0991 e. The van der Waals surface area contributed by atoms with E-state index >= 15 is 0 Å². The molecule has 1 aromatic rings. The van der Waals surface area contributed by atoms with Crippen LogP contribution in [0.2, 0.25) is 0 Å². The first-order valence-electron chi connectivity index (χ1n) is 8.24. The SMILES string of the molecule is N#Cc1ccc2c(c1)CCN(CC[C@H]1CC[C@H](N)CC1)C2. The lowest BCUT2D eigenvalue weighted by molar-refractivity contribution is 0.213. The number of fused-ring (bicyclic) bond motifs is 1. The Bertz CT molecular complexity index is 524. The van der Waals surface area contributed by atoms with Gasteiger partial charge in [-0.1, -0.05) is 6.07 Å². The first kappa shape index (κ1) is 14.6. The molecule has 1 aromatic carbocycles. The van der Waals surface area contributed by atoms with Gasteiger partial charge in [0.2, 0.25) is 0 Å². The zero-order chi connectivity index (χ0) is 14.7. The fourth-order valence-corrected chi connectivity index (χ4v) is 3.71. The molecule has 1 heterocycles. The van der Waals surface area contributed by atoms with Crippen molar-refractivity contribution in [2.45, 2.75) is 51.1 Å². The van der Waals surface area contributed by atoms with Gasteiger partial charge >= 0.3 is 0 Å². The summed E-state index contributed by atoms with van der Waals surface area (Å²) in [7, 11) is 0. The van der Waals surface area contributed by atoms with Gasteiger partial charge in [-0.2, -0.15) is 5.26 Å². The van der Waals surface area contributed by atoms with E-state index in [9.17, 15) is 0 Å². The highest BCUT2D eigenvalue weighted by molar-refractivity contribution is 5.39. The molecule has 21 heavy (non-hydrogen) atoms.